The van der Waals surface area contributed by atoms with Gasteiger partial charge in [0.15, 0.2) is 0 Å². The largest absolute Gasteiger partial charge is 0.0622 e. The minimum absolute atomic E-state index is 1.09. The van der Waals surface area contributed by atoms with Crippen LogP contribution in [0.3, 0.4) is 0 Å². The van der Waals surface area contributed by atoms with Crippen molar-refractivity contribution in [3.8, 4) is 55.6 Å². The maximum Gasteiger partial charge on any atom is 0.0175 e. The predicted octanol–water partition coefficient (Wildman–Crippen LogP) is 11.4. The van der Waals surface area contributed by atoms with E-state index in [0.717, 1.165) is 4.47 Å². The molecule has 7 aromatic carbocycles. The van der Waals surface area contributed by atoms with Crippen molar-refractivity contribution in [3.63, 3.8) is 0 Å². The third-order valence-corrected chi connectivity index (χ3v) is 8.58. The molecule has 0 saturated carbocycles. The van der Waals surface area contributed by atoms with E-state index < -0.39 is 0 Å². The summed E-state index contributed by atoms with van der Waals surface area (Å²) in [5.41, 5.74) is 12.9. The van der Waals surface area contributed by atoms with Crippen molar-refractivity contribution in [2.45, 2.75) is 0 Å². The number of hydrogen-bond donors (Lipinski definition) is 0. The average molecular weight is 560 g/mol. The molecule has 0 bridgehead atoms. The molecule has 0 nitrogen and oxygen atoms in total. The smallest absolute Gasteiger partial charge is 0.0175 e. The summed E-state index contributed by atoms with van der Waals surface area (Å²) in [5, 5.41) is 5.20. The van der Waals surface area contributed by atoms with Crippen molar-refractivity contribution in [2.75, 3.05) is 0 Å². The maximum absolute atomic E-state index is 3.66. The molecule has 0 aliphatic heterocycles. The predicted molar refractivity (Wildman–Crippen MR) is 170 cm³/mol. The lowest BCUT2D eigenvalue weighted by atomic mass is 9.82. The minimum Gasteiger partial charge on any atom is -0.0622 e. The Kier molecular flexibility index (Phi) is 5.08. The standard InChI is InChI=1S/C38H23Br/c39-29-20-17-27(18-21-29)36-33-23-28(24-9-3-1-4-10-24)19-22-30(33)35(26-11-5-2-6-12-26)37-31-15-7-13-25-14-8-16-32(34(25)31)38(36)37/h1-23H. The van der Waals surface area contributed by atoms with Crippen molar-refractivity contribution in [3.05, 3.63) is 144 Å². The first kappa shape index (κ1) is 22.5. The van der Waals surface area contributed by atoms with Crippen molar-refractivity contribution in [2.24, 2.45) is 0 Å². The Morgan fingerprint density at radius 3 is 1.54 bits per heavy atom. The highest BCUT2D eigenvalue weighted by atomic mass is 79.9. The third kappa shape index (κ3) is 3.44. The fourth-order valence-corrected chi connectivity index (χ4v) is 6.68. The van der Waals surface area contributed by atoms with Crippen molar-refractivity contribution in [1.82, 2.24) is 0 Å². The van der Waals surface area contributed by atoms with E-state index in [2.05, 4.69) is 155 Å². The van der Waals surface area contributed by atoms with E-state index in [4.69, 9.17) is 0 Å². The zero-order chi connectivity index (χ0) is 25.9. The molecule has 0 aromatic heterocycles. The Hall–Kier alpha value is -4.46. The molecule has 0 atom stereocenters. The van der Waals surface area contributed by atoms with E-state index in [-0.39, 0.29) is 0 Å². The van der Waals surface area contributed by atoms with Crippen LogP contribution in [0.2, 0.25) is 0 Å². The molecule has 0 N–H and O–H groups in total. The van der Waals surface area contributed by atoms with Crippen molar-refractivity contribution < 1.29 is 0 Å². The van der Waals surface area contributed by atoms with Crippen LogP contribution in [0.25, 0.3) is 77.2 Å². The summed E-state index contributed by atoms with van der Waals surface area (Å²) in [6, 6.07) is 50.9. The van der Waals surface area contributed by atoms with Crippen LogP contribution in [0, 0.1) is 0 Å². The van der Waals surface area contributed by atoms with Gasteiger partial charge in [0.1, 0.15) is 0 Å². The van der Waals surface area contributed by atoms with Crippen LogP contribution >= 0.6 is 15.9 Å². The lowest BCUT2D eigenvalue weighted by Crippen LogP contribution is -1.94. The first-order chi connectivity index (χ1) is 19.3. The highest BCUT2D eigenvalue weighted by molar-refractivity contribution is 9.10. The highest BCUT2D eigenvalue weighted by Gasteiger charge is 2.30. The first-order valence-electron chi connectivity index (χ1n) is 13.3. The Bertz CT molecular complexity index is 2030. The van der Waals surface area contributed by atoms with Crippen LogP contribution in [0.15, 0.2) is 144 Å². The molecule has 1 aliphatic carbocycles. The van der Waals surface area contributed by atoms with Gasteiger partial charge < -0.3 is 0 Å². The minimum atomic E-state index is 1.09. The molecule has 1 heteroatoms. The van der Waals surface area contributed by atoms with Crippen LogP contribution in [0.4, 0.5) is 0 Å². The fraction of sp³-hybridized carbons (Fsp3) is 0. The van der Waals surface area contributed by atoms with E-state index in [1.165, 1.54) is 77.2 Å². The summed E-state index contributed by atoms with van der Waals surface area (Å²) in [6.45, 7) is 0. The molecule has 39 heavy (non-hydrogen) atoms. The number of fused-ring (bicyclic) bond motifs is 4. The van der Waals surface area contributed by atoms with Crippen LogP contribution in [0.1, 0.15) is 0 Å². The molecule has 8 rings (SSSR count). The van der Waals surface area contributed by atoms with Gasteiger partial charge in [-0.15, -0.1) is 0 Å². The molecule has 0 unspecified atom stereocenters. The Labute approximate surface area is 236 Å². The second-order valence-corrected chi connectivity index (χ2v) is 11.1. The summed E-state index contributed by atoms with van der Waals surface area (Å²) >= 11 is 3.66. The van der Waals surface area contributed by atoms with Crippen LogP contribution in [-0.2, 0) is 0 Å². The molecule has 182 valence electrons. The van der Waals surface area contributed by atoms with E-state index in [0.29, 0.717) is 0 Å². The molecule has 0 spiro atoms. The van der Waals surface area contributed by atoms with Gasteiger partial charge in [-0.05, 0) is 95.4 Å². The van der Waals surface area contributed by atoms with Crippen LogP contribution < -0.4 is 0 Å². The molecule has 7 aromatic rings. The zero-order valence-corrected chi connectivity index (χ0v) is 22.7. The summed E-state index contributed by atoms with van der Waals surface area (Å²) in [5.74, 6) is 0. The Balaban J connectivity index is 1.61. The fourth-order valence-electron chi connectivity index (χ4n) is 6.42. The second-order valence-electron chi connectivity index (χ2n) is 10.2. The second kappa shape index (κ2) is 8.80. The number of rotatable bonds is 3. The summed E-state index contributed by atoms with van der Waals surface area (Å²) in [4.78, 5) is 0. The van der Waals surface area contributed by atoms with Crippen molar-refractivity contribution >= 4 is 37.5 Å². The molecular weight excluding hydrogens is 536 g/mol. The van der Waals surface area contributed by atoms with E-state index in [1.54, 1.807) is 0 Å². The summed E-state index contributed by atoms with van der Waals surface area (Å²) < 4.78 is 1.09. The van der Waals surface area contributed by atoms with Crippen LogP contribution in [0.5, 0.6) is 0 Å². The lowest BCUT2D eigenvalue weighted by Gasteiger charge is -2.21. The molecule has 1 aliphatic rings. The molecular formula is C38H23Br. The van der Waals surface area contributed by atoms with Gasteiger partial charge in [0.2, 0.25) is 0 Å². The third-order valence-electron chi connectivity index (χ3n) is 8.05. The summed E-state index contributed by atoms with van der Waals surface area (Å²) in [6.07, 6.45) is 0. The quantitative estimate of drug-likeness (QED) is 0.202. The van der Waals surface area contributed by atoms with Gasteiger partial charge >= 0.3 is 0 Å². The first-order valence-corrected chi connectivity index (χ1v) is 14.1. The van der Waals surface area contributed by atoms with Crippen molar-refractivity contribution in [1.29, 1.82) is 0 Å². The van der Waals surface area contributed by atoms with Gasteiger partial charge in [0, 0.05) is 4.47 Å². The highest BCUT2D eigenvalue weighted by Crippen LogP contribution is 2.57. The molecule has 0 radical (unpaired) electrons. The van der Waals surface area contributed by atoms with Gasteiger partial charge in [-0.25, -0.2) is 0 Å². The maximum atomic E-state index is 3.66. The Morgan fingerprint density at radius 2 is 0.897 bits per heavy atom. The van der Waals surface area contributed by atoms with E-state index in [1.807, 2.05) is 0 Å². The van der Waals surface area contributed by atoms with Gasteiger partial charge in [0.25, 0.3) is 0 Å². The van der Waals surface area contributed by atoms with Gasteiger partial charge in [-0.1, -0.05) is 137 Å². The number of halogens is 1. The van der Waals surface area contributed by atoms with Gasteiger partial charge in [-0.2, -0.15) is 0 Å². The number of benzene rings is 7. The molecule has 0 fully saturated rings. The SMILES string of the molecule is Brc1ccc(-c2c3c(c(-c4ccccc4)c4ccc(-c5ccccc5)cc24)-c2cccc4cccc-3c24)cc1. The monoisotopic (exact) mass is 558 g/mol. The zero-order valence-electron chi connectivity index (χ0n) is 21.2. The number of hydrogen-bond acceptors (Lipinski definition) is 0. The van der Waals surface area contributed by atoms with Gasteiger partial charge in [0.05, 0.1) is 0 Å². The van der Waals surface area contributed by atoms with E-state index >= 15 is 0 Å². The van der Waals surface area contributed by atoms with Crippen LogP contribution in [-0.4, -0.2) is 0 Å². The molecule has 0 amide bonds. The molecule has 0 heterocycles. The average Bonchev–Trinajstić information content (AvgIpc) is 3.32. The Morgan fingerprint density at radius 1 is 0.359 bits per heavy atom. The van der Waals surface area contributed by atoms with Gasteiger partial charge in [-0.3, -0.25) is 0 Å². The normalized spacial score (nSPS) is 11.7. The lowest BCUT2D eigenvalue weighted by molar-refractivity contribution is 1.60. The van der Waals surface area contributed by atoms with E-state index in [9.17, 15) is 0 Å². The summed E-state index contributed by atoms with van der Waals surface area (Å²) in [7, 11) is 0. The topological polar surface area (TPSA) is 0 Å². The molecule has 0 saturated heterocycles.